The van der Waals surface area contributed by atoms with Gasteiger partial charge in [-0.05, 0) is 19.1 Å². The van der Waals surface area contributed by atoms with E-state index in [9.17, 15) is 25.2 Å². The molecule has 1 fully saturated rings. The number of nitrogens with zero attached hydrogens (tertiary/aromatic N) is 1. The molecular weight excluding hydrogens is 360 g/mol. The average Bonchev–Trinajstić information content (AvgIpc) is 3.00. The zero-order valence-electron chi connectivity index (χ0n) is 13.9. The van der Waals surface area contributed by atoms with Crippen LogP contribution in [0.5, 0.6) is 0 Å². The van der Waals surface area contributed by atoms with Crippen LogP contribution >= 0.6 is 11.3 Å². The molecule has 1 aliphatic rings. The lowest BCUT2D eigenvalue weighted by atomic mass is 9.94. The van der Waals surface area contributed by atoms with Crippen molar-refractivity contribution >= 4 is 22.4 Å². The van der Waals surface area contributed by atoms with Crippen LogP contribution in [0.4, 0.5) is 5.13 Å². The Kier molecular flexibility index (Phi) is 5.66. The Morgan fingerprint density at radius 2 is 1.88 bits per heavy atom. The summed E-state index contributed by atoms with van der Waals surface area (Å²) in [6.45, 7) is 1.18. The minimum atomic E-state index is -1.46. The maximum Gasteiger partial charge on any atom is 0.257 e. The van der Waals surface area contributed by atoms with Gasteiger partial charge < -0.3 is 25.2 Å². The number of aryl methyl sites for hydroxylation is 1. The van der Waals surface area contributed by atoms with E-state index < -0.39 is 37.1 Å². The molecule has 9 heteroatoms. The molecule has 1 amide bonds. The van der Waals surface area contributed by atoms with E-state index in [0.717, 1.165) is 11.3 Å². The number of carbonyl (C=O) groups is 1. The van der Waals surface area contributed by atoms with Crippen LogP contribution in [-0.2, 0) is 4.74 Å². The summed E-state index contributed by atoms with van der Waals surface area (Å²) < 4.78 is 5.55. The monoisotopic (exact) mass is 380 g/mol. The fraction of sp³-hybridized carbons (Fsp3) is 0.412. The highest BCUT2D eigenvalue weighted by molar-refractivity contribution is 7.16. The van der Waals surface area contributed by atoms with Crippen LogP contribution in [0.25, 0.3) is 0 Å². The molecular formula is C17H20N2O6S. The molecule has 140 valence electrons. The summed E-state index contributed by atoms with van der Waals surface area (Å²) in [5.41, 5.74) is 0.998. The van der Waals surface area contributed by atoms with Gasteiger partial charge in [-0.25, -0.2) is 4.98 Å². The fourth-order valence-electron chi connectivity index (χ4n) is 2.80. The number of aliphatic hydroxyl groups excluding tert-OH is 4. The highest BCUT2D eigenvalue weighted by atomic mass is 32.1. The smallest absolute Gasteiger partial charge is 0.257 e. The van der Waals surface area contributed by atoms with Crippen molar-refractivity contribution < 1.29 is 30.0 Å². The van der Waals surface area contributed by atoms with Gasteiger partial charge in [-0.15, -0.1) is 0 Å². The van der Waals surface area contributed by atoms with E-state index in [1.54, 1.807) is 31.2 Å². The van der Waals surface area contributed by atoms with Gasteiger partial charge in [0, 0.05) is 5.56 Å². The summed E-state index contributed by atoms with van der Waals surface area (Å²) >= 11 is 1.11. The minimum absolute atomic E-state index is 0.320. The number of anilines is 1. The topological polar surface area (TPSA) is 132 Å². The normalized spacial score (nSPS) is 28.7. The van der Waals surface area contributed by atoms with Gasteiger partial charge in [-0.1, -0.05) is 29.5 Å². The largest absolute Gasteiger partial charge is 0.394 e. The van der Waals surface area contributed by atoms with Crippen LogP contribution in [0.2, 0.25) is 0 Å². The molecule has 5 N–H and O–H groups in total. The van der Waals surface area contributed by atoms with Crippen LogP contribution in [0, 0.1) is 6.92 Å². The Morgan fingerprint density at radius 3 is 2.54 bits per heavy atom. The van der Waals surface area contributed by atoms with Crippen molar-refractivity contribution in [2.75, 3.05) is 11.9 Å². The molecule has 0 bridgehead atoms. The zero-order chi connectivity index (χ0) is 18.8. The average molecular weight is 380 g/mol. The molecule has 0 spiro atoms. The number of aliphatic hydroxyl groups is 4. The maximum atomic E-state index is 12.2. The molecule has 26 heavy (non-hydrogen) atoms. The van der Waals surface area contributed by atoms with Crippen molar-refractivity contribution in [1.82, 2.24) is 4.98 Å². The molecule has 8 nitrogen and oxygen atoms in total. The van der Waals surface area contributed by atoms with Gasteiger partial charge >= 0.3 is 0 Å². The lowest BCUT2D eigenvalue weighted by Crippen LogP contribution is -2.55. The number of rotatable bonds is 4. The standard InChI is InChI=1S/C17H20N2O6S/c1-8-15(14-13(23)12(22)11(21)10(7-20)25-14)26-17(18-8)19-16(24)9-5-3-2-4-6-9/h2-6,10-14,20-23H,7H2,1H3,(H,18,19,24)/t10-,11+,12+,13-,14-/m1/s1. The van der Waals surface area contributed by atoms with Crippen LogP contribution in [-0.4, -0.2) is 62.3 Å². The Balaban J connectivity index is 1.80. The second kappa shape index (κ2) is 7.78. The molecule has 2 heterocycles. The van der Waals surface area contributed by atoms with E-state index in [2.05, 4.69) is 10.3 Å². The van der Waals surface area contributed by atoms with Crippen molar-refractivity contribution in [3.05, 3.63) is 46.5 Å². The van der Waals surface area contributed by atoms with Gasteiger partial charge in [-0.2, -0.15) is 0 Å². The number of carbonyl (C=O) groups excluding carboxylic acids is 1. The number of ether oxygens (including phenoxy) is 1. The van der Waals surface area contributed by atoms with Gasteiger partial charge in [0.15, 0.2) is 5.13 Å². The third kappa shape index (κ3) is 3.63. The van der Waals surface area contributed by atoms with Crippen molar-refractivity contribution in [3.63, 3.8) is 0 Å². The molecule has 0 unspecified atom stereocenters. The van der Waals surface area contributed by atoms with E-state index in [1.807, 2.05) is 6.07 Å². The number of benzene rings is 1. The van der Waals surface area contributed by atoms with Crippen molar-refractivity contribution in [1.29, 1.82) is 0 Å². The number of hydrogen-bond acceptors (Lipinski definition) is 8. The first-order valence-electron chi connectivity index (χ1n) is 8.06. The molecule has 1 saturated heterocycles. The molecule has 1 aromatic carbocycles. The highest BCUT2D eigenvalue weighted by Crippen LogP contribution is 2.38. The summed E-state index contributed by atoms with van der Waals surface area (Å²) in [6.07, 6.45) is -6.23. The lowest BCUT2D eigenvalue weighted by Gasteiger charge is -2.39. The van der Waals surface area contributed by atoms with Crippen molar-refractivity contribution in [3.8, 4) is 0 Å². The third-order valence-electron chi connectivity index (χ3n) is 4.24. The molecule has 5 atom stereocenters. The predicted octanol–water partition coefficient (Wildman–Crippen LogP) is 0.219. The van der Waals surface area contributed by atoms with Crippen LogP contribution in [0.3, 0.4) is 0 Å². The molecule has 0 saturated carbocycles. The zero-order valence-corrected chi connectivity index (χ0v) is 14.8. The Hall–Kier alpha value is -1.88. The summed E-state index contributed by atoms with van der Waals surface area (Å²) in [4.78, 5) is 17.0. The number of aromatic nitrogens is 1. The SMILES string of the molecule is Cc1nc(NC(=O)c2ccccc2)sc1[C@@H]1O[C@H](CO)[C@H](O)[C@H](O)[C@H]1O. The van der Waals surface area contributed by atoms with Crippen LogP contribution < -0.4 is 5.32 Å². The molecule has 2 aromatic rings. The Bertz CT molecular complexity index is 766. The van der Waals surface area contributed by atoms with E-state index in [-0.39, 0.29) is 5.91 Å². The summed E-state index contributed by atoms with van der Waals surface area (Å²) in [7, 11) is 0. The van der Waals surface area contributed by atoms with E-state index in [4.69, 9.17) is 4.74 Å². The second-order valence-electron chi connectivity index (χ2n) is 6.04. The molecule has 3 rings (SSSR count). The van der Waals surface area contributed by atoms with Gasteiger partial charge in [0.25, 0.3) is 5.91 Å². The van der Waals surface area contributed by atoms with Crippen LogP contribution in [0.15, 0.2) is 30.3 Å². The third-order valence-corrected chi connectivity index (χ3v) is 5.37. The minimum Gasteiger partial charge on any atom is -0.394 e. The maximum absolute atomic E-state index is 12.2. The first kappa shape index (κ1) is 18.9. The Labute approximate surface area is 153 Å². The van der Waals surface area contributed by atoms with E-state index >= 15 is 0 Å². The summed E-state index contributed by atoms with van der Waals surface area (Å²) in [5, 5.41) is 42.4. The second-order valence-corrected chi connectivity index (χ2v) is 7.07. The number of amides is 1. The first-order valence-corrected chi connectivity index (χ1v) is 8.88. The molecule has 1 aromatic heterocycles. The molecule has 0 radical (unpaired) electrons. The predicted molar refractivity (Wildman–Crippen MR) is 94.0 cm³/mol. The molecule has 0 aliphatic carbocycles. The van der Waals surface area contributed by atoms with E-state index in [0.29, 0.717) is 21.3 Å². The summed E-state index contributed by atoms with van der Waals surface area (Å²) in [6, 6.07) is 8.66. The summed E-state index contributed by atoms with van der Waals surface area (Å²) in [5.74, 6) is -0.320. The number of hydrogen-bond donors (Lipinski definition) is 5. The highest BCUT2D eigenvalue weighted by Gasteiger charge is 2.45. The van der Waals surface area contributed by atoms with Gasteiger partial charge in [0.2, 0.25) is 0 Å². The lowest BCUT2D eigenvalue weighted by molar-refractivity contribution is -0.231. The first-order chi connectivity index (χ1) is 12.4. The van der Waals surface area contributed by atoms with Crippen molar-refractivity contribution in [2.24, 2.45) is 0 Å². The number of nitrogens with one attached hydrogen (secondary N) is 1. The number of thiazole rings is 1. The quantitative estimate of drug-likeness (QED) is 0.512. The van der Waals surface area contributed by atoms with Crippen LogP contribution in [0.1, 0.15) is 27.0 Å². The van der Waals surface area contributed by atoms with Gasteiger partial charge in [-0.3, -0.25) is 10.1 Å². The van der Waals surface area contributed by atoms with Gasteiger partial charge in [0.1, 0.15) is 30.5 Å². The Morgan fingerprint density at radius 1 is 1.19 bits per heavy atom. The molecule has 1 aliphatic heterocycles. The van der Waals surface area contributed by atoms with E-state index in [1.165, 1.54) is 0 Å². The van der Waals surface area contributed by atoms with Crippen molar-refractivity contribution in [2.45, 2.75) is 37.4 Å². The van der Waals surface area contributed by atoms with Gasteiger partial charge in [0.05, 0.1) is 17.2 Å². The fourth-order valence-corrected chi connectivity index (χ4v) is 3.84.